The van der Waals surface area contributed by atoms with Crippen LogP contribution in [0.2, 0.25) is 0 Å². The molecule has 264 valence electrons. The third kappa shape index (κ3) is 6.34. The lowest BCUT2D eigenvalue weighted by Crippen LogP contribution is -2.09. The molecule has 2 heteroatoms. The number of nitrogens with zero attached hydrogens (tertiary/aromatic N) is 1. The summed E-state index contributed by atoms with van der Waals surface area (Å²) in [6.07, 6.45) is 0. The van der Waals surface area contributed by atoms with Crippen molar-refractivity contribution in [2.75, 3.05) is 4.90 Å². The summed E-state index contributed by atoms with van der Waals surface area (Å²) in [5, 5.41) is 2.26. The van der Waals surface area contributed by atoms with Crippen LogP contribution in [0.4, 0.5) is 17.1 Å². The maximum Gasteiger partial charge on any atom is 0.136 e. The van der Waals surface area contributed by atoms with Crippen LogP contribution in [0.25, 0.3) is 77.6 Å². The van der Waals surface area contributed by atoms with Crippen LogP contribution in [0.5, 0.6) is 0 Å². The zero-order valence-corrected chi connectivity index (χ0v) is 30.7. The molecule has 0 bridgehead atoms. The van der Waals surface area contributed by atoms with E-state index in [-0.39, 0.29) is 0 Å². The highest BCUT2D eigenvalue weighted by molar-refractivity contribution is 6.09. The minimum atomic E-state index is 0.889. The van der Waals surface area contributed by atoms with Gasteiger partial charge in [-0.25, -0.2) is 0 Å². The summed E-state index contributed by atoms with van der Waals surface area (Å²) in [4.78, 5) is 2.33. The zero-order chi connectivity index (χ0) is 37.3. The Morgan fingerprint density at radius 3 is 1.07 bits per heavy atom. The first-order valence-corrected chi connectivity index (χ1v) is 19.1. The molecule has 0 aliphatic rings. The van der Waals surface area contributed by atoms with Gasteiger partial charge in [-0.15, -0.1) is 0 Å². The molecule has 0 atom stereocenters. The Bertz CT molecular complexity index is 2900. The molecule has 10 rings (SSSR count). The van der Waals surface area contributed by atoms with Gasteiger partial charge >= 0.3 is 0 Å². The van der Waals surface area contributed by atoms with Crippen LogP contribution in [-0.4, -0.2) is 0 Å². The van der Waals surface area contributed by atoms with Crippen molar-refractivity contribution >= 4 is 39.0 Å². The molecular weight excluding hydrogens is 679 g/mol. The molecule has 10 aromatic rings. The van der Waals surface area contributed by atoms with E-state index in [9.17, 15) is 0 Å². The molecule has 0 amide bonds. The number of para-hydroxylation sites is 1. The third-order valence-electron chi connectivity index (χ3n) is 10.7. The van der Waals surface area contributed by atoms with E-state index < -0.39 is 0 Å². The number of hydrogen-bond donors (Lipinski definition) is 0. The molecule has 0 unspecified atom stereocenters. The Balaban J connectivity index is 1.04. The minimum absolute atomic E-state index is 0.889. The molecular formula is C54H37NO. The lowest BCUT2D eigenvalue weighted by Gasteiger charge is -2.26. The summed E-state index contributed by atoms with van der Waals surface area (Å²) >= 11 is 0. The highest BCUT2D eigenvalue weighted by Crippen LogP contribution is 2.42. The fourth-order valence-corrected chi connectivity index (χ4v) is 7.83. The van der Waals surface area contributed by atoms with Crippen LogP contribution in [-0.2, 0) is 0 Å². The first kappa shape index (κ1) is 33.2. The van der Waals surface area contributed by atoms with Crippen LogP contribution in [0.15, 0.2) is 229 Å². The Kier molecular flexibility index (Phi) is 8.55. The van der Waals surface area contributed by atoms with E-state index in [4.69, 9.17) is 4.42 Å². The second-order valence-corrected chi connectivity index (χ2v) is 14.1. The first-order valence-electron chi connectivity index (χ1n) is 19.1. The van der Waals surface area contributed by atoms with E-state index in [1.165, 1.54) is 44.5 Å². The molecule has 0 saturated heterocycles. The van der Waals surface area contributed by atoms with Gasteiger partial charge in [-0.1, -0.05) is 170 Å². The van der Waals surface area contributed by atoms with Gasteiger partial charge in [0.1, 0.15) is 11.2 Å². The Morgan fingerprint density at radius 1 is 0.250 bits per heavy atom. The van der Waals surface area contributed by atoms with Crippen molar-refractivity contribution < 1.29 is 4.42 Å². The van der Waals surface area contributed by atoms with Crippen LogP contribution >= 0.6 is 0 Å². The van der Waals surface area contributed by atoms with E-state index in [0.717, 1.165) is 50.1 Å². The summed E-state index contributed by atoms with van der Waals surface area (Å²) < 4.78 is 6.38. The lowest BCUT2D eigenvalue weighted by molar-refractivity contribution is 0.669. The molecule has 0 N–H and O–H groups in total. The minimum Gasteiger partial charge on any atom is -0.456 e. The molecule has 0 aliphatic heterocycles. The summed E-state index contributed by atoms with van der Waals surface area (Å²) in [6, 6.07) is 80.0. The number of benzene rings is 9. The molecule has 0 radical (unpaired) electrons. The number of furan rings is 1. The predicted octanol–water partition coefficient (Wildman–Crippen LogP) is 15.4. The van der Waals surface area contributed by atoms with Gasteiger partial charge < -0.3 is 9.32 Å². The number of rotatable bonds is 8. The van der Waals surface area contributed by atoms with Crippen LogP contribution in [0, 0.1) is 0 Å². The quantitative estimate of drug-likeness (QED) is 0.156. The van der Waals surface area contributed by atoms with Crippen molar-refractivity contribution in [3.8, 4) is 55.6 Å². The van der Waals surface area contributed by atoms with Gasteiger partial charge in [0.05, 0.1) is 0 Å². The van der Waals surface area contributed by atoms with Gasteiger partial charge in [0.2, 0.25) is 0 Å². The zero-order valence-electron chi connectivity index (χ0n) is 30.7. The van der Waals surface area contributed by atoms with Crippen molar-refractivity contribution in [1.29, 1.82) is 0 Å². The molecule has 0 spiro atoms. The van der Waals surface area contributed by atoms with Gasteiger partial charge in [-0.3, -0.25) is 0 Å². The van der Waals surface area contributed by atoms with Crippen LogP contribution in [0.1, 0.15) is 0 Å². The molecule has 1 heterocycles. The Hall–Kier alpha value is -7.42. The number of hydrogen-bond acceptors (Lipinski definition) is 2. The third-order valence-corrected chi connectivity index (χ3v) is 10.7. The standard InChI is InChI=1S/C54H37NO/c1-4-12-38(13-5-1)40-20-22-41(23-21-40)43-26-32-47(33-27-43)55(46-30-24-42(25-31-46)39-14-6-2-7-15-39)48-34-28-45(29-35-48)51-37-54-52(49-18-10-11-19-53(49)56-54)36-50(51)44-16-8-3-9-17-44/h1-37H. The van der Waals surface area contributed by atoms with Crippen LogP contribution in [0.3, 0.4) is 0 Å². The van der Waals surface area contributed by atoms with Gasteiger partial charge in [0.15, 0.2) is 0 Å². The van der Waals surface area contributed by atoms with Crippen molar-refractivity contribution in [3.05, 3.63) is 224 Å². The summed E-state index contributed by atoms with van der Waals surface area (Å²) in [6.45, 7) is 0. The largest absolute Gasteiger partial charge is 0.456 e. The molecule has 0 saturated carbocycles. The van der Waals surface area contributed by atoms with Gasteiger partial charge in [0.25, 0.3) is 0 Å². The van der Waals surface area contributed by atoms with Gasteiger partial charge in [-0.05, 0) is 110 Å². The fourth-order valence-electron chi connectivity index (χ4n) is 7.83. The highest BCUT2D eigenvalue weighted by Gasteiger charge is 2.17. The van der Waals surface area contributed by atoms with Crippen molar-refractivity contribution in [1.82, 2.24) is 0 Å². The Labute approximate surface area is 327 Å². The normalized spacial score (nSPS) is 11.2. The van der Waals surface area contributed by atoms with E-state index in [0.29, 0.717) is 0 Å². The monoisotopic (exact) mass is 715 g/mol. The average molecular weight is 716 g/mol. The van der Waals surface area contributed by atoms with Gasteiger partial charge in [-0.2, -0.15) is 0 Å². The molecule has 2 nitrogen and oxygen atoms in total. The maximum absolute atomic E-state index is 6.38. The molecule has 0 fully saturated rings. The van der Waals surface area contributed by atoms with E-state index in [2.05, 4.69) is 217 Å². The lowest BCUT2D eigenvalue weighted by atomic mass is 9.92. The molecule has 1 aromatic heterocycles. The maximum atomic E-state index is 6.38. The molecule has 56 heavy (non-hydrogen) atoms. The fraction of sp³-hybridized carbons (Fsp3) is 0. The Morgan fingerprint density at radius 2 is 0.589 bits per heavy atom. The smallest absolute Gasteiger partial charge is 0.136 e. The van der Waals surface area contributed by atoms with Gasteiger partial charge in [0, 0.05) is 27.8 Å². The van der Waals surface area contributed by atoms with E-state index in [1.54, 1.807) is 0 Å². The van der Waals surface area contributed by atoms with Crippen molar-refractivity contribution in [3.63, 3.8) is 0 Å². The van der Waals surface area contributed by atoms with E-state index >= 15 is 0 Å². The van der Waals surface area contributed by atoms with Crippen molar-refractivity contribution in [2.24, 2.45) is 0 Å². The van der Waals surface area contributed by atoms with E-state index in [1.807, 2.05) is 12.1 Å². The second kappa shape index (κ2) is 14.4. The summed E-state index contributed by atoms with van der Waals surface area (Å²) in [7, 11) is 0. The topological polar surface area (TPSA) is 16.4 Å². The second-order valence-electron chi connectivity index (χ2n) is 14.1. The number of fused-ring (bicyclic) bond motifs is 3. The first-order chi connectivity index (χ1) is 27.7. The SMILES string of the molecule is c1ccc(-c2ccc(-c3ccc(N(c4ccc(-c5ccccc5)cc4)c4ccc(-c5cc6oc7ccccc7c6cc5-c5ccccc5)cc4)cc3)cc2)cc1. The van der Waals surface area contributed by atoms with Crippen LogP contribution < -0.4 is 4.90 Å². The highest BCUT2D eigenvalue weighted by atomic mass is 16.3. The summed E-state index contributed by atoms with van der Waals surface area (Å²) in [5.74, 6) is 0. The number of anilines is 3. The molecule has 0 aliphatic carbocycles. The average Bonchev–Trinajstić information content (AvgIpc) is 3.65. The summed E-state index contributed by atoms with van der Waals surface area (Å²) in [5.41, 5.74) is 16.9. The van der Waals surface area contributed by atoms with Crippen molar-refractivity contribution in [2.45, 2.75) is 0 Å². The molecule has 9 aromatic carbocycles. The predicted molar refractivity (Wildman–Crippen MR) is 236 cm³/mol.